The first-order chi connectivity index (χ1) is 9.09. The third kappa shape index (κ3) is 2.58. The molecule has 0 aliphatic carbocycles. The molecule has 1 N–H and O–H groups in total. The lowest BCUT2D eigenvalue weighted by molar-refractivity contribution is -0.146. The minimum absolute atomic E-state index is 0.0524. The van der Waals surface area contributed by atoms with Crippen molar-refractivity contribution in [2.24, 2.45) is 0 Å². The zero-order chi connectivity index (χ0) is 15.2. The van der Waals surface area contributed by atoms with Gasteiger partial charge in [-0.05, 0) is 32.6 Å². The first kappa shape index (κ1) is 15.7. The zero-order valence-corrected chi connectivity index (χ0v) is 12.9. The van der Waals surface area contributed by atoms with Gasteiger partial charge < -0.3 is 5.11 Å². The molecule has 1 atom stereocenters. The van der Waals surface area contributed by atoms with Gasteiger partial charge in [-0.25, -0.2) is 16.8 Å². The second-order valence-corrected chi connectivity index (χ2v) is 10.1. The molecule has 0 spiro atoms. The van der Waals surface area contributed by atoms with Crippen LogP contribution in [0.3, 0.4) is 0 Å². The molecule has 0 aromatic rings. The summed E-state index contributed by atoms with van der Waals surface area (Å²) >= 11 is 0. The third-order valence-electron chi connectivity index (χ3n) is 4.27. The number of sulfone groups is 1. The first-order valence-corrected chi connectivity index (χ1v) is 9.87. The van der Waals surface area contributed by atoms with Gasteiger partial charge in [0, 0.05) is 6.54 Å². The van der Waals surface area contributed by atoms with Crippen LogP contribution in [0.4, 0.5) is 0 Å². The quantitative estimate of drug-likeness (QED) is 0.772. The summed E-state index contributed by atoms with van der Waals surface area (Å²) in [5, 5.41) is 8.50. The Labute approximate surface area is 118 Å². The van der Waals surface area contributed by atoms with Gasteiger partial charge in [-0.1, -0.05) is 0 Å². The van der Waals surface area contributed by atoms with E-state index in [0.717, 1.165) is 4.31 Å². The summed E-state index contributed by atoms with van der Waals surface area (Å²) in [5.41, 5.74) is -1.41. The minimum Gasteiger partial charge on any atom is -0.480 e. The van der Waals surface area contributed by atoms with Crippen LogP contribution in [0.2, 0.25) is 0 Å². The Kier molecular flexibility index (Phi) is 3.89. The Morgan fingerprint density at radius 2 is 1.85 bits per heavy atom. The fraction of sp³-hybridized carbons (Fsp3) is 0.909. The number of aliphatic carboxylic acids is 1. The lowest BCUT2D eigenvalue weighted by Gasteiger charge is -2.34. The maximum absolute atomic E-state index is 12.6. The number of carboxylic acid groups (broad SMARTS) is 1. The van der Waals surface area contributed by atoms with E-state index in [0.29, 0.717) is 6.42 Å². The molecule has 2 aliphatic heterocycles. The Hall–Kier alpha value is -0.670. The molecule has 116 valence electrons. The molecule has 2 rings (SSSR count). The number of nitrogens with zero attached hydrogens (tertiary/aromatic N) is 1. The fourth-order valence-electron chi connectivity index (χ4n) is 2.91. The summed E-state index contributed by atoms with van der Waals surface area (Å²) in [5.74, 6) is -1.44. The molecule has 0 radical (unpaired) electrons. The molecule has 20 heavy (non-hydrogen) atoms. The number of rotatable bonds is 3. The van der Waals surface area contributed by atoms with Gasteiger partial charge in [0.05, 0.1) is 16.8 Å². The molecule has 2 fully saturated rings. The highest BCUT2D eigenvalue weighted by Crippen LogP contribution is 2.35. The van der Waals surface area contributed by atoms with Gasteiger partial charge in [0.2, 0.25) is 10.0 Å². The predicted octanol–water partition coefficient (Wildman–Crippen LogP) is -0.167. The highest BCUT2D eigenvalue weighted by molar-refractivity contribution is 7.92. The summed E-state index contributed by atoms with van der Waals surface area (Å²) in [6.45, 7) is 1.60. The molecule has 0 amide bonds. The van der Waals surface area contributed by atoms with Crippen molar-refractivity contribution in [1.82, 2.24) is 4.31 Å². The molecular weight excluding hydrogens is 306 g/mol. The van der Waals surface area contributed by atoms with Crippen LogP contribution in [0, 0.1) is 0 Å². The van der Waals surface area contributed by atoms with Crippen LogP contribution in [0.15, 0.2) is 0 Å². The van der Waals surface area contributed by atoms with Crippen molar-refractivity contribution in [3.05, 3.63) is 0 Å². The lowest BCUT2D eigenvalue weighted by atomic mass is 10.0. The van der Waals surface area contributed by atoms with Crippen molar-refractivity contribution < 1.29 is 26.7 Å². The van der Waals surface area contributed by atoms with Crippen LogP contribution >= 0.6 is 0 Å². The Balaban J connectivity index is 2.25. The molecule has 0 aromatic heterocycles. The van der Waals surface area contributed by atoms with Gasteiger partial charge in [-0.3, -0.25) is 4.79 Å². The van der Waals surface area contributed by atoms with Crippen molar-refractivity contribution in [1.29, 1.82) is 0 Å². The van der Waals surface area contributed by atoms with Crippen LogP contribution in [0.5, 0.6) is 0 Å². The van der Waals surface area contributed by atoms with E-state index < -0.39 is 36.6 Å². The topological polar surface area (TPSA) is 109 Å². The first-order valence-electron chi connectivity index (χ1n) is 6.55. The zero-order valence-electron chi connectivity index (χ0n) is 11.3. The Bertz CT molecular complexity index is 597. The van der Waals surface area contributed by atoms with E-state index in [1.165, 1.54) is 6.92 Å². The molecular formula is C11H19NO6S2. The van der Waals surface area contributed by atoms with Crippen LogP contribution in [0.25, 0.3) is 0 Å². The van der Waals surface area contributed by atoms with Crippen molar-refractivity contribution in [2.45, 2.75) is 43.4 Å². The second kappa shape index (κ2) is 4.96. The van der Waals surface area contributed by atoms with Crippen LogP contribution in [-0.4, -0.2) is 61.1 Å². The van der Waals surface area contributed by atoms with E-state index in [1.54, 1.807) is 0 Å². The number of hydrogen-bond acceptors (Lipinski definition) is 5. The van der Waals surface area contributed by atoms with E-state index in [1.807, 2.05) is 0 Å². The fourth-order valence-corrected chi connectivity index (χ4v) is 7.00. The summed E-state index contributed by atoms with van der Waals surface area (Å²) in [6.07, 6.45) is 0.896. The van der Waals surface area contributed by atoms with E-state index in [2.05, 4.69) is 0 Å². The second-order valence-electron chi connectivity index (χ2n) is 5.65. The average molecular weight is 325 g/mol. The van der Waals surface area contributed by atoms with Crippen LogP contribution in [-0.2, 0) is 24.7 Å². The van der Waals surface area contributed by atoms with E-state index in [-0.39, 0.29) is 37.3 Å². The molecule has 2 heterocycles. The highest BCUT2D eigenvalue weighted by atomic mass is 32.2. The minimum atomic E-state index is -3.78. The normalized spacial score (nSPS) is 32.2. The molecule has 2 aliphatic rings. The highest BCUT2D eigenvalue weighted by Gasteiger charge is 2.51. The molecule has 1 unspecified atom stereocenters. The standard InChI is InChI=1S/C11H19NO6S2/c1-11(10(13)14)5-2-6-12(11)20(17,18)9-3-7-19(15,16)8-4-9/h9H,2-8H2,1H3,(H,13,14). The van der Waals surface area contributed by atoms with Gasteiger partial charge in [0.25, 0.3) is 0 Å². The number of carboxylic acids is 1. The maximum atomic E-state index is 12.6. The van der Waals surface area contributed by atoms with Gasteiger partial charge >= 0.3 is 5.97 Å². The van der Waals surface area contributed by atoms with Gasteiger partial charge in [0.1, 0.15) is 15.4 Å². The molecule has 0 saturated carbocycles. The van der Waals surface area contributed by atoms with Crippen molar-refractivity contribution in [2.75, 3.05) is 18.1 Å². The monoisotopic (exact) mass is 325 g/mol. The molecule has 9 heteroatoms. The van der Waals surface area contributed by atoms with Gasteiger partial charge in [-0.15, -0.1) is 0 Å². The summed E-state index contributed by atoms with van der Waals surface area (Å²) in [4.78, 5) is 11.4. The van der Waals surface area contributed by atoms with Crippen LogP contribution in [0.1, 0.15) is 32.6 Å². The number of hydrogen-bond donors (Lipinski definition) is 1. The summed E-state index contributed by atoms with van der Waals surface area (Å²) < 4.78 is 49.0. The Morgan fingerprint density at radius 1 is 1.30 bits per heavy atom. The van der Waals surface area contributed by atoms with Crippen molar-refractivity contribution in [3.8, 4) is 0 Å². The predicted molar refractivity (Wildman–Crippen MR) is 72.6 cm³/mol. The maximum Gasteiger partial charge on any atom is 0.324 e. The molecule has 0 aromatic carbocycles. The lowest BCUT2D eigenvalue weighted by Crippen LogP contribution is -2.54. The van der Waals surface area contributed by atoms with Crippen LogP contribution < -0.4 is 0 Å². The van der Waals surface area contributed by atoms with E-state index in [9.17, 15) is 26.7 Å². The van der Waals surface area contributed by atoms with E-state index >= 15 is 0 Å². The SMILES string of the molecule is CC1(C(=O)O)CCCN1S(=O)(=O)C1CCS(=O)(=O)CC1. The average Bonchev–Trinajstić information content (AvgIpc) is 2.73. The largest absolute Gasteiger partial charge is 0.480 e. The molecule has 2 saturated heterocycles. The summed E-state index contributed by atoms with van der Waals surface area (Å²) in [7, 11) is -6.92. The van der Waals surface area contributed by atoms with Crippen molar-refractivity contribution in [3.63, 3.8) is 0 Å². The number of carbonyl (C=O) groups is 1. The summed E-state index contributed by atoms with van der Waals surface area (Å²) in [6, 6.07) is 0. The molecule has 0 bridgehead atoms. The van der Waals surface area contributed by atoms with Gasteiger partial charge in [-0.2, -0.15) is 4.31 Å². The number of sulfonamides is 1. The Morgan fingerprint density at radius 3 is 2.35 bits per heavy atom. The molecule has 7 nitrogen and oxygen atoms in total. The van der Waals surface area contributed by atoms with Crippen molar-refractivity contribution >= 4 is 25.8 Å². The van der Waals surface area contributed by atoms with Gasteiger partial charge in [0.15, 0.2) is 0 Å². The van der Waals surface area contributed by atoms with E-state index in [4.69, 9.17) is 0 Å². The smallest absolute Gasteiger partial charge is 0.324 e. The third-order valence-corrected chi connectivity index (χ3v) is 8.50.